The number of carbonyl (C=O) groups excluding carboxylic acids is 3. The number of esters is 1. The highest BCUT2D eigenvalue weighted by Crippen LogP contribution is 2.31. The molecule has 1 aliphatic heterocycles. The molecule has 1 fully saturated rings. The molecular formula is C26H22ClNO4. The van der Waals surface area contributed by atoms with Crippen LogP contribution in [-0.4, -0.2) is 30.8 Å². The van der Waals surface area contributed by atoms with Gasteiger partial charge in [0.1, 0.15) is 0 Å². The van der Waals surface area contributed by atoms with Gasteiger partial charge in [-0.2, -0.15) is 0 Å². The summed E-state index contributed by atoms with van der Waals surface area (Å²) < 4.78 is 5.25. The molecule has 32 heavy (non-hydrogen) atoms. The zero-order valence-corrected chi connectivity index (χ0v) is 18.3. The Morgan fingerprint density at radius 1 is 0.969 bits per heavy atom. The lowest BCUT2D eigenvalue weighted by Crippen LogP contribution is -2.27. The molecule has 1 amide bonds. The van der Waals surface area contributed by atoms with E-state index >= 15 is 0 Å². The van der Waals surface area contributed by atoms with Crippen LogP contribution in [0.1, 0.15) is 22.3 Å². The first-order valence-electron chi connectivity index (χ1n) is 10.3. The Morgan fingerprint density at radius 2 is 1.66 bits per heavy atom. The fraction of sp³-hybridized carbons (Fsp3) is 0.192. The van der Waals surface area contributed by atoms with Crippen molar-refractivity contribution in [3.05, 3.63) is 88.9 Å². The fourth-order valence-corrected chi connectivity index (χ4v) is 3.97. The average molecular weight is 448 g/mol. The molecule has 0 spiro atoms. The number of ketones is 1. The van der Waals surface area contributed by atoms with Gasteiger partial charge in [-0.05, 0) is 35.7 Å². The number of anilines is 1. The van der Waals surface area contributed by atoms with Gasteiger partial charge >= 0.3 is 5.97 Å². The maximum Gasteiger partial charge on any atom is 0.311 e. The molecule has 0 aliphatic carbocycles. The molecule has 6 heteroatoms. The summed E-state index contributed by atoms with van der Waals surface area (Å²) in [5.74, 6) is -1.62. The average Bonchev–Trinajstić information content (AvgIpc) is 3.21. The third-order valence-corrected chi connectivity index (χ3v) is 6.06. The molecule has 162 valence electrons. The van der Waals surface area contributed by atoms with Gasteiger partial charge in [0.25, 0.3) is 0 Å². The molecule has 3 aromatic rings. The first kappa shape index (κ1) is 21.8. The van der Waals surface area contributed by atoms with E-state index in [1.54, 1.807) is 35.2 Å². The monoisotopic (exact) mass is 447 g/mol. The van der Waals surface area contributed by atoms with Crippen LogP contribution < -0.4 is 4.90 Å². The van der Waals surface area contributed by atoms with E-state index in [0.717, 1.165) is 16.7 Å². The van der Waals surface area contributed by atoms with Crippen LogP contribution >= 0.6 is 11.6 Å². The summed E-state index contributed by atoms with van der Waals surface area (Å²) in [4.78, 5) is 39.0. The highest BCUT2D eigenvalue weighted by atomic mass is 35.5. The molecule has 0 N–H and O–H groups in total. The Hall–Kier alpha value is -3.44. The van der Waals surface area contributed by atoms with Gasteiger partial charge in [0.2, 0.25) is 5.91 Å². The van der Waals surface area contributed by atoms with Crippen molar-refractivity contribution in [2.24, 2.45) is 5.92 Å². The highest BCUT2D eigenvalue weighted by molar-refractivity contribution is 6.31. The number of nitrogens with zero attached hydrogens (tertiary/aromatic N) is 1. The van der Waals surface area contributed by atoms with Crippen LogP contribution in [0.4, 0.5) is 5.69 Å². The van der Waals surface area contributed by atoms with Gasteiger partial charge in [-0.15, -0.1) is 0 Å². The number of Topliss-reactive ketones (excluding diaryl/α,β-unsaturated/α-hetero) is 1. The molecule has 4 rings (SSSR count). The SMILES string of the molecule is Cc1c(Cl)cccc1N1CC(C(=O)OCC(=O)c2ccc(-c3ccccc3)cc2)CC1=O. The first-order valence-corrected chi connectivity index (χ1v) is 10.7. The minimum Gasteiger partial charge on any atom is -0.457 e. The minimum atomic E-state index is -0.617. The van der Waals surface area contributed by atoms with Crippen LogP contribution in [0.15, 0.2) is 72.8 Å². The summed E-state index contributed by atoms with van der Waals surface area (Å²) in [6.45, 7) is 1.68. The van der Waals surface area contributed by atoms with E-state index in [2.05, 4.69) is 0 Å². The number of benzene rings is 3. The zero-order chi connectivity index (χ0) is 22.7. The van der Waals surface area contributed by atoms with Crippen LogP contribution in [-0.2, 0) is 14.3 Å². The van der Waals surface area contributed by atoms with Gasteiger partial charge in [-0.3, -0.25) is 14.4 Å². The van der Waals surface area contributed by atoms with E-state index in [1.165, 1.54) is 0 Å². The van der Waals surface area contributed by atoms with Crippen molar-refractivity contribution in [2.45, 2.75) is 13.3 Å². The van der Waals surface area contributed by atoms with Gasteiger partial charge in [-0.25, -0.2) is 0 Å². The fourth-order valence-electron chi connectivity index (χ4n) is 3.80. The summed E-state index contributed by atoms with van der Waals surface area (Å²) in [6.07, 6.45) is 0.0464. The second-order valence-corrected chi connectivity index (χ2v) is 8.17. The molecule has 0 bridgehead atoms. The van der Waals surface area contributed by atoms with Crippen molar-refractivity contribution in [2.75, 3.05) is 18.1 Å². The number of amides is 1. The van der Waals surface area contributed by atoms with Crippen molar-refractivity contribution < 1.29 is 19.1 Å². The molecular weight excluding hydrogens is 426 g/mol. The van der Waals surface area contributed by atoms with Crippen molar-refractivity contribution >= 4 is 34.9 Å². The normalized spacial score (nSPS) is 15.6. The number of carbonyl (C=O) groups is 3. The van der Waals surface area contributed by atoms with E-state index in [-0.39, 0.29) is 31.3 Å². The third kappa shape index (κ3) is 4.58. The van der Waals surface area contributed by atoms with Gasteiger partial charge in [0.15, 0.2) is 12.4 Å². The van der Waals surface area contributed by atoms with E-state index < -0.39 is 11.9 Å². The Labute approximate surface area is 191 Å². The van der Waals surface area contributed by atoms with E-state index in [4.69, 9.17) is 16.3 Å². The molecule has 3 aromatic carbocycles. The van der Waals surface area contributed by atoms with Gasteiger partial charge in [-0.1, -0.05) is 72.3 Å². The van der Waals surface area contributed by atoms with E-state index in [0.29, 0.717) is 16.3 Å². The van der Waals surface area contributed by atoms with Gasteiger partial charge < -0.3 is 9.64 Å². The molecule has 0 aromatic heterocycles. The Balaban J connectivity index is 1.35. The molecule has 1 atom stereocenters. The summed E-state index contributed by atoms with van der Waals surface area (Å²) in [6, 6.07) is 22.4. The van der Waals surface area contributed by atoms with Gasteiger partial charge in [0, 0.05) is 29.2 Å². The Kier molecular flexibility index (Phi) is 6.37. The second-order valence-electron chi connectivity index (χ2n) is 7.76. The van der Waals surface area contributed by atoms with Crippen molar-refractivity contribution in [1.29, 1.82) is 0 Å². The van der Waals surface area contributed by atoms with Crippen molar-refractivity contribution in [1.82, 2.24) is 0 Å². The minimum absolute atomic E-state index is 0.0464. The quantitative estimate of drug-likeness (QED) is 0.390. The van der Waals surface area contributed by atoms with Gasteiger partial charge in [0.05, 0.1) is 5.92 Å². The molecule has 5 nitrogen and oxygen atoms in total. The lowest BCUT2D eigenvalue weighted by molar-refractivity contribution is -0.147. The number of hydrogen-bond acceptors (Lipinski definition) is 4. The summed E-state index contributed by atoms with van der Waals surface area (Å²) in [5, 5.41) is 0.560. The molecule has 0 saturated carbocycles. The van der Waals surface area contributed by atoms with Crippen LogP contribution in [0, 0.1) is 12.8 Å². The molecule has 1 heterocycles. The maximum absolute atomic E-state index is 12.5. The molecule has 1 saturated heterocycles. The lowest BCUT2D eigenvalue weighted by atomic mass is 10.0. The smallest absolute Gasteiger partial charge is 0.311 e. The number of rotatable bonds is 6. The van der Waals surface area contributed by atoms with Crippen LogP contribution in [0.3, 0.4) is 0 Å². The number of hydrogen-bond donors (Lipinski definition) is 0. The summed E-state index contributed by atoms with van der Waals surface area (Å²) >= 11 is 6.16. The molecule has 1 unspecified atom stereocenters. The van der Waals surface area contributed by atoms with E-state index in [9.17, 15) is 14.4 Å². The molecule has 0 radical (unpaired) electrons. The maximum atomic E-state index is 12.5. The number of ether oxygens (including phenoxy) is 1. The molecule has 1 aliphatic rings. The predicted molar refractivity (Wildman–Crippen MR) is 124 cm³/mol. The Bertz CT molecular complexity index is 1160. The lowest BCUT2D eigenvalue weighted by Gasteiger charge is -2.19. The van der Waals surface area contributed by atoms with Crippen molar-refractivity contribution in [3.8, 4) is 11.1 Å². The van der Waals surface area contributed by atoms with Crippen LogP contribution in [0.25, 0.3) is 11.1 Å². The van der Waals surface area contributed by atoms with Crippen molar-refractivity contribution in [3.63, 3.8) is 0 Å². The Morgan fingerprint density at radius 3 is 2.38 bits per heavy atom. The van der Waals surface area contributed by atoms with E-state index in [1.807, 2.05) is 49.4 Å². The van der Waals surface area contributed by atoms with Crippen LogP contribution in [0.5, 0.6) is 0 Å². The summed E-state index contributed by atoms with van der Waals surface area (Å²) in [7, 11) is 0. The zero-order valence-electron chi connectivity index (χ0n) is 17.6. The predicted octanol–water partition coefficient (Wildman–Crippen LogP) is 5.09. The standard InChI is InChI=1S/C26H22ClNO4/c1-17-22(27)8-5-9-23(17)28-15-21(14-25(28)30)26(31)32-16-24(29)20-12-10-19(11-13-20)18-6-3-2-4-7-18/h2-13,21H,14-16H2,1H3. The summed E-state index contributed by atoms with van der Waals surface area (Å²) in [5.41, 5.74) is 4.00. The largest absolute Gasteiger partial charge is 0.457 e. The highest BCUT2D eigenvalue weighted by Gasteiger charge is 2.37. The number of halogens is 1. The van der Waals surface area contributed by atoms with Crippen LogP contribution in [0.2, 0.25) is 5.02 Å². The first-order chi connectivity index (χ1) is 15.4. The topological polar surface area (TPSA) is 63.7 Å². The second kappa shape index (κ2) is 9.37. The third-order valence-electron chi connectivity index (χ3n) is 5.65.